The fraction of sp³-hybridized carbons (Fsp3) is 0.722. The number of H-pyrrole nitrogens is 1. The van der Waals surface area contributed by atoms with Crippen LogP contribution in [0.3, 0.4) is 0 Å². The van der Waals surface area contributed by atoms with E-state index < -0.39 is 0 Å². The fourth-order valence-electron chi connectivity index (χ4n) is 4.09. The minimum absolute atomic E-state index is 0.0596. The Bertz CT molecular complexity index is 627. The number of aromatic amines is 1. The second kappa shape index (κ2) is 7.99. The summed E-state index contributed by atoms with van der Waals surface area (Å²) in [7, 11) is 1.85. The lowest BCUT2D eigenvalue weighted by Gasteiger charge is -2.33. The van der Waals surface area contributed by atoms with Crippen LogP contribution in [0.25, 0.3) is 0 Å². The SMILES string of the molecule is CN(Cc1n[nH]c2c1CCCCC2)C(=O)[C@H]1CCCN(CC(N)=O)C1. The molecule has 0 unspecified atom stereocenters. The molecule has 1 aromatic rings. The lowest BCUT2D eigenvalue weighted by Crippen LogP contribution is -2.46. The first-order valence-corrected chi connectivity index (χ1v) is 9.35. The van der Waals surface area contributed by atoms with Crippen LogP contribution in [0.5, 0.6) is 0 Å². The van der Waals surface area contributed by atoms with Gasteiger partial charge in [-0.05, 0) is 50.6 Å². The van der Waals surface area contributed by atoms with Crippen molar-refractivity contribution in [1.29, 1.82) is 0 Å². The maximum atomic E-state index is 12.8. The largest absolute Gasteiger partial charge is 0.369 e. The Morgan fingerprint density at radius 1 is 1.28 bits per heavy atom. The zero-order valence-electron chi connectivity index (χ0n) is 15.1. The summed E-state index contributed by atoms with van der Waals surface area (Å²) in [6, 6.07) is 0. The van der Waals surface area contributed by atoms with Gasteiger partial charge in [-0.15, -0.1) is 0 Å². The van der Waals surface area contributed by atoms with Crippen LogP contribution in [0, 0.1) is 5.92 Å². The number of nitrogens with one attached hydrogen (secondary N) is 1. The Balaban J connectivity index is 1.61. The summed E-state index contributed by atoms with van der Waals surface area (Å²) in [5, 5.41) is 7.64. The molecule has 7 nitrogen and oxygen atoms in total. The Hall–Kier alpha value is -1.89. The summed E-state index contributed by atoms with van der Waals surface area (Å²) in [5.74, 6) is -0.254. The van der Waals surface area contributed by atoms with Gasteiger partial charge in [0.25, 0.3) is 0 Å². The van der Waals surface area contributed by atoms with E-state index in [-0.39, 0.29) is 24.3 Å². The molecule has 7 heteroatoms. The molecule has 25 heavy (non-hydrogen) atoms. The molecule has 1 fully saturated rings. The first-order chi connectivity index (χ1) is 12.0. The van der Waals surface area contributed by atoms with E-state index in [9.17, 15) is 9.59 Å². The highest BCUT2D eigenvalue weighted by Crippen LogP contribution is 2.24. The number of aryl methyl sites for hydroxylation is 1. The number of piperidine rings is 1. The number of hydrogen-bond acceptors (Lipinski definition) is 4. The number of nitrogens with zero attached hydrogens (tertiary/aromatic N) is 3. The standard InChI is InChI=1S/C18H29N5O2/c1-22(11-16-14-7-3-2-4-8-15(14)20-21-16)18(25)13-6-5-9-23(10-13)12-17(19)24/h13H,2-12H2,1H3,(H2,19,24)(H,20,21)/t13-/m0/s1. The molecule has 1 aromatic heterocycles. The molecule has 0 radical (unpaired) electrons. The van der Waals surface area contributed by atoms with Gasteiger partial charge in [0, 0.05) is 19.3 Å². The monoisotopic (exact) mass is 347 g/mol. The van der Waals surface area contributed by atoms with E-state index in [0.717, 1.165) is 37.9 Å². The van der Waals surface area contributed by atoms with Gasteiger partial charge in [-0.1, -0.05) is 6.42 Å². The van der Waals surface area contributed by atoms with Gasteiger partial charge in [0.15, 0.2) is 0 Å². The predicted molar refractivity (Wildman–Crippen MR) is 94.7 cm³/mol. The lowest BCUT2D eigenvalue weighted by molar-refractivity contribution is -0.137. The van der Waals surface area contributed by atoms with E-state index in [1.54, 1.807) is 4.90 Å². The highest BCUT2D eigenvalue weighted by atomic mass is 16.2. The summed E-state index contributed by atoms with van der Waals surface area (Å²) >= 11 is 0. The maximum Gasteiger partial charge on any atom is 0.231 e. The molecule has 0 aromatic carbocycles. The van der Waals surface area contributed by atoms with Crippen molar-refractivity contribution in [3.63, 3.8) is 0 Å². The van der Waals surface area contributed by atoms with Crippen molar-refractivity contribution in [3.8, 4) is 0 Å². The van der Waals surface area contributed by atoms with Crippen molar-refractivity contribution in [2.45, 2.75) is 51.5 Å². The van der Waals surface area contributed by atoms with Crippen molar-refractivity contribution in [3.05, 3.63) is 17.0 Å². The first-order valence-electron chi connectivity index (χ1n) is 9.35. The normalized spacial score (nSPS) is 21.4. The highest BCUT2D eigenvalue weighted by molar-refractivity contribution is 5.79. The number of hydrogen-bond donors (Lipinski definition) is 2. The molecule has 3 N–H and O–H groups in total. The first kappa shape index (κ1) is 17.9. The molecule has 1 atom stereocenters. The third-order valence-corrected chi connectivity index (χ3v) is 5.39. The van der Waals surface area contributed by atoms with Crippen molar-refractivity contribution in [2.24, 2.45) is 11.7 Å². The van der Waals surface area contributed by atoms with E-state index in [4.69, 9.17) is 5.73 Å². The Kier molecular flexibility index (Phi) is 5.73. The van der Waals surface area contributed by atoms with Crippen LogP contribution >= 0.6 is 0 Å². The average molecular weight is 347 g/mol. The summed E-state index contributed by atoms with van der Waals surface area (Å²) in [5.41, 5.74) is 8.86. The summed E-state index contributed by atoms with van der Waals surface area (Å²) in [4.78, 5) is 27.7. The number of primary amides is 1. The molecule has 2 amide bonds. The molecule has 1 saturated heterocycles. The van der Waals surface area contributed by atoms with Gasteiger partial charge in [0.1, 0.15) is 0 Å². The number of carbonyl (C=O) groups is 2. The van der Waals surface area contributed by atoms with Crippen molar-refractivity contribution < 1.29 is 9.59 Å². The smallest absolute Gasteiger partial charge is 0.231 e. The topological polar surface area (TPSA) is 95.3 Å². The Labute approximate surface area is 148 Å². The van der Waals surface area contributed by atoms with Gasteiger partial charge in [-0.3, -0.25) is 19.6 Å². The average Bonchev–Trinajstić information content (AvgIpc) is 2.81. The molecule has 1 aliphatic heterocycles. The van der Waals surface area contributed by atoms with Crippen molar-refractivity contribution in [1.82, 2.24) is 20.0 Å². The zero-order valence-corrected chi connectivity index (χ0v) is 15.1. The van der Waals surface area contributed by atoms with E-state index in [1.807, 2.05) is 11.9 Å². The molecule has 138 valence electrons. The van der Waals surface area contributed by atoms with Gasteiger partial charge >= 0.3 is 0 Å². The summed E-state index contributed by atoms with van der Waals surface area (Å²) in [6.45, 7) is 2.24. The molecular weight excluding hydrogens is 318 g/mol. The minimum Gasteiger partial charge on any atom is -0.369 e. The number of aromatic nitrogens is 2. The quantitative estimate of drug-likeness (QED) is 0.772. The van der Waals surface area contributed by atoms with E-state index in [0.29, 0.717) is 13.1 Å². The van der Waals surface area contributed by atoms with E-state index in [1.165, 1.54) is 30.5 Å². The molecule has 0 bridgehead atoms. The van der Waals surface area contributed by atoms with Gasteiger partial charge in [0.2, 0.25) is 11.8 Å². The van der Waals surface area contributed by atoms with Gasteiger partial charge < -0.3 is 10.6 Å². The van der Waals surface area contributed by atoms with Crippen molar-refractivity contribution in [2.75, 3.05) is 26.7 Å². The molecule has 1 aliphatic carbocycles. The van der Waals surface area contributed by atoms with Crippen LogP contribution < -0.4 is 5.73 Å². The number of nitrogens with two attached hydrogens (primary N) is 1. The summed E-state index contributed by atoms with van der Waals surface area (Å²) in [6.07, 6.45) is 7.58. The number of rotatable bonds is 5. The lowest BCUT2D eigenvalue weighted by atomic mass is 9.96. The van der Waals surface area contributed by atoms with E-state index >= 15 is 0 Å². The van der Waals surface area contributed by atoms with Crippen LogP contribution in [0.2, 0.25) is 0 Å². The van der Waals surface area contributed by atoms with Crippen LogP contribution in [-0.2, 0) is 29.0 Å². The summed E-state index contributed by atoms with van der Waals surface area (Å²) < 4.78 is 0. The highest BCUT2D eigenvalue weighted by Gasteiger charge is 2.29. The van der Waals surface area contributed by atoms with Gasteiger partial charge in [-0.2, -0.15) is 5.10 Å². The Morgan fingerprint density at radius 2 is 2.08 bits per heavy atom. The molecule has 2 aliphatic rings. The van der Waals surface area contributed by atoms with Crippen LogP contribution in [0.4, 0.5) is 0 Å². The minimum atomic E-state index is -0.333. The third kappa shape index (κ3) is 4.39. The molecular formula is C18H29N5O2. The molecule has 0 spiro atoms. The number of fused-ring (bicyclic) bond motifs is 1. The maximum absolute atomic E-state index is 12.8. The second-order valence-corrected chi connectivity index (χ2v) is 7.42. The van der Waals surface area contributed by atoms with Crippen LogP contribution in [0.15, 0.2) is 0 Å². The molecule has 2 heterocycles. The third-order valence-electron chi connectivity index (χ3n) is 5.39. The molecule has 3 rings (SSSR count). The van der Waals surface area contributed by atoms with Gasteiger partial charge in [-0.25, -0.2) is 0 Å². The Morgan fingerprint density at radius 3 is 2.88 bits per heavy atom. The zero-order chi connectivity index (χ0) is 17.8. The van der Waals surface area contributed by atoms with Crippen LogP contribution in [0.1, 0.15) is 49.1 Å². The number of likely N-dealkylation sites (tertiary alicyclic amines) is 1. The molecule has 0 saturated carbocycles. The van der Waals surface area contributed by atoms with Crippen molar-refractivity contribution >= 4 is 11.8 Å². The van der Waals surface area contributed by atoms with E-state index in [2.05, 4.69) is 10.2 Å². The number of carbonyl (C=O) groups excluding carboxylic acids is 2. The predicted octanol–water partition coefficient (Wildman–Crippen LogP) is 0.834. The number of amides is 2. The fourth-order valence-corrected chi connectivity index (χ4v) is 4.09. The van der Waals surface area contributed by atoms with Gasteiger partial charge in [0.05, 0.1) is 24.7 Å². The second-order valence-electron chi connectivity index (χ2n) is 7.42. The van der Waals surface area contributed by atoms with Crippen LogP contribution in [-0.4, -0.2) is 58.5 Å².